The molecule has 0 radical (unpaired) electrons. The van der Waals surface area contributed by atoms with Gasteiger partial charge in [-0.25, -0.2) is 0 Å². The highest BCUT2D eigenvalue weighted by Crippen LogP contribution is 2.33. The minimum atomic E-state index is -4.33. The monoisotopic (exact) mass is 287 g/mol. The van der Waals surface area contributed by atoms with Crippen molar-refractivity contribution in [2.24, 2.45) is 5.92 Å². The van der Waals surface area contributed by atoms with Gasteiger partial charge in [0.05, 0.1) is 5.56 Å². The Morgan fingerprint density at radius 2 is 1.65 bits per heavy atom. The summed E-state index contributed by atoms with van der Waals surface area (Å²) < 4.78 is 37.6. The van der Waals surface area contributed by atoms with Crippen LogP contribution in [-0.2, 0) is 11.0 Å². The maximum Gasteiger partial charge on any atom is 0.416 e. The average molecular weight is 287 g/mol. The van der Waals surface area contributed by atoms with Crippen LogP contribution in [0.4, 0.5) is 13.2 Å². The molecule has 0 spiro atoms. The summed E-state index contributed by atoms with van der Waals surface area (Å²) >= 11 is 0. The Hall–Kier alpha value is -1.52. The van der Waals surface area contributed by atoms with Gasteiger partial charge in [-0.3, -0.25) is 4.79 Å². The van der Waals surface area contributed by atoms with Gasteiger partial charge in [0.15, 0.2) is 0 Å². The zero-order chi connectivity index (χ0) is 15.5. The molecule has 1 aromatic carbocycles. The van der Waals surface area contributed by atoms with Crippen LogP contribution in [0.1, 0.15) is 37.3 Å². The number of nitrogens with zero attached hydrogens (tertiary/aromatic N) is 1. The molecule has 0 aliphatic carbocycles. The summed E-state index contributed by atoms with van der Waals surface area (Å²) in [5.74, 6) is 0.0754. The normalized spacial score (nSPS) is 13.4. The van der Waals surface area contributed by atoms with E-state index in [1.807, 2.05) is 13.8 Å². The quantitative estimate of drug-likeness (QED) is 0.822. The lowest BCUT2D eigenvalue weighted by Gasteiger charge is -2.23. The lowest BCUT2D eigenvalue weighted by Crippen LogP contribution is -2.25. The molecule has 0 saturated heterocycles. The average Bonchev–Trinajstić information content (AvgIpc) is 2.34. The molecule has 1 rings (SSSR count). The van der Waals surface area contributed by atoms with E-state index in [0.29, 0.717) is 6.42 Å². The smallest absolute Gasteiger partial charge is 0.349 e. The van der Waals surface area contributed by atoms with Gasteiger partial charge in [0, 0.05) is 20.5 Å². The van der Waals surface area contributed by atoms with Gasteiger partial charge in [0.25, 0.3) is 0 Å². The predicted octanol–water partition coefficient (Wildman–Crippen LogP) is 3.92. The number of hydrogen-bond donors (Lipinski definition) is 0. The first-order valence-corrected chi connectivity index (χ1v) is 6.50. The number of hydrogen-bond acceptors (Lipinski definition) is 1. The molecule has 0 N–H and O–H groups in total. The van der Waals surface area contributed by atoms with E-state index in [2.05, 4.69) is 0 Å². The van der Waals surface area contributed by atoms with Gasteiger partial charge in [0.2, 0.25) is 5.91 Å². The molecule has 0 bridgehead atoms. The van der Waals surface area contributed by atoms with Crippen molar-refractivity contribution in [2.75, 3.05) is 14.1 Å². The fourth-order valence-electron chi connectivity index (χ4n) is 2.03. The second kappa shape index (κ2) is 6.29. The Kier molecular flexibility index (Phi) is 5.20. The maximum absolute atomic E-state index is 12.5. The number of carbonyl (C=O) groups is 1. The lowest BCUT2D eigenvalue weighted by atomic mass is 9.85. The van der Waals surface area contributed by atoms with E-state index in [1.54, 1.807) is 14.1 Å². The topological polar surface area (TPSA) is 20.3 Å². The SMILES string of the molecule is CC(C)C(CC(=O)N(C)C)c1ccc(C(F)(F)F)cc1. The molecule has 20 heavy (non-hydrogen) atoms. The number of alkyl halides is 3. The first-order chi connectivity index (χ1) is 9.12. The second-order valence-electron chi connectivity index (χ2n) is 5.46. The van der Waals surface area contributed by atoms with Crippen LogP contribution < -0.4 is 0 Å². The molecule has 1 amide bonds. The van der Waals surface area contributed by atoms with Crippen LogP contribution in [-0.4, -0.2) is 24.9 Å². The van der Waals surface area contributed by atoms with E-state index in [1.165, 1.54) is 17.0 Å². The third kappa shape index (κ3) is 4.25. The van der Waals surface area contributed by atoms with Gasteiger partial charge in [0.1, 0.15) is 0 Å². The minimum absolute atomic E-state index is 0.0244. The van der Waals surface area contributed by atoms with Crippen LogP contribution in [0.2, 0.25) is 0 Å². The van der Waals surface area contributed by atoms with Crippen LogP contribution in [0.3, 0.4) is 0 Å². The van der Waals surface area contributed by atoms with E-state index >= 15 is 0 Å². The summed E-state index contributed by atoms with van der Waals surface area (Å²) in [5.41, 5.74) is 0.103. The van der Waals surface area contributed by atoms with Gasteiger partial charge in [-0.05, 0) is 29.5 Å². The molecule has 5 heteroatoms. The molecule has 112 valence electrons. The summed E-state index contributed by atoms with van der Waals surface area (Å²) in [6, 6.07) is 5.09. The summed E-state index contributed by atoms with van der Waals surface area (Å²) in [6.07, 6.45) is -4.03. The molecule has 1 aromatic rings. The standard InChI is InChI=1S/C15H20F3NO/c1-10(2)13(9-14(20)19(3)4)11-5-7-12(8-6-11)15(16,17)18/h5-8,10,13H,9H2,1-4H3. The highest BCUT2D eigenvalue weighted by atomic mass is 19.4. The van der Waals surface area contributed by atoms with E-state index in [4.69, 9.17) is 0 Å². The van der Waals surface area contributed by atoms with Gasteiger partial charge >= 0.3 is 6.18 Å². The Morgan fingerprint density at radius 3 is 2.00 bits per heavy atom. The zero-order valence-corrected chi connectivity index (χ0v) is 12.2. The van der Waals surface area contributed by atoms with Gasteiger partial charge in [-0.1, -0.05) is 26.0 Å². The highest BCUT2D eigenvalue weighted by molar-refractivity contribution is 5.76. The highest BCUT2D eigenvalue weighted by Gasteiger charge is 2.30. The second-order valence-corrected chi connectivity index (χ2v) is 5.46. The first-order valence-electron chi connectivity index (χ1n) is 6.50. The molecular weight excluding hydrogens is 267 g/mol. The molecule has 0 aliphatic heterocycles. The molecule has 1 atom stereocenters. The number of benzene rings is 1. The summed E-state index contributed by atoms with van der Waals surface area (Å²) in [5, 5.41) is 0. The molecule has 0 saturated carbocycles. The van der Waals surface area contributed by atoms with Crippen LogP contribution >= 0.6 is 0 Å². The molecule has 0 fully saturated rings. The summed E-state index contributed by atoms with van der Waals surface area (Å²) in [7, 11) is 3.35. The van der Waals surface area contributed by atoms with E-state index < -0.39 is 11.7 Å². The van der Waals surface area contributed by atoms with Crippen molar-refractivity contribution in [1.82, 2.24) is 4.90 Å². The summed E-state index contributed by atoms with van der Waals surface area (Å²) in [4.78, 5) is 13.3. The number of halogens is 3. The Bertz CT molecular complexity index is 449. The van der Waals surface area contributed by atoms with Crippen molar-refractivity contribution >= 4 is 5.91 Å². The van der Waals surface area contributed by atoms with Gasteiger partial charge < -0.3 is 4.90 Å². The van der Waals surface area contributed by atoms with Crippen molar-refractivity contribution in [2.45, 2.75) is 32.4 Å². The fourth-order valence-corrected chi connectivity index (χ4v) is 2.03. The van der Waals surface area contributed by atoms with E-state index in [9.17, 15) is 18.0 Å². The maximum atomic E-state index is 12.5. The fraction of sp³-hybridized carbons (Fsp3) is 0.533. The van der Waals surface area contributed by atoms with Crippen molar-refractivity contribution < 1.29 is 18.0 Å². The molecule has 0 aromatic heterocycles. The number of amides is 1. The van der Waals surface area contributed by atoms with Gasteiger partial charge in [-0.2, -0.15) is 13.2 Å². The van der Waals surface area contributed by atoms with Crippen LogP contribution in [0.5, 0.6) is 0 Å². The molecule has 0 heterocycles. The van der Waals surface area contributed by atoms with Crippen LogP contribution in [0, 0.1) is 5.92 Å². The first kappa shape index (κ1) is 16.5. The van der Waals surface area contributed by atoms with Crippen LogP contribution in [0.15, 0.2) is 24.3 Å². The van der Waals surface area contributed by atoms with E-state index in [0.717, 1.165) is 17.7 Å². The Labute approximate surface area is 117 Å². The number of carbonyl (C=O) groups excluding carboxylic acids is 1. The summed E-state index contributed by atoms with van der Waals surface area (Å²) in [6.45, 7) is 3.93. The molecule has 2 nitrogen and oxygen atoms in total. The van der Waals surface area contributed by atoms with E-state index in [-0.39, 0.29) is 17.7 Å². The Balaban J connectivity index is 2.96. The number of rotatable bonds is 4. The lowest BCUT2D eigenvalue weighted by molar-refractivity contribution is -0.137. The van der Waals surface area contributed by atoms with Crippen molar-refractivity contribution in [1.29, 1.82) is 0 Å². The van der Waals surface area contributed by atoms with Crippen molar-refractivity contribution in [3.05, 3.63) is 35.4 Å². The Morgan fingerprint density at radius 1 is 1.15 bits per heavy atom. The molecule has 1 unspecified atom stereocenters. The van der Waals surface area contributed by atoms with Crippen molar-refractivity contribution in [3.8, 4) is 0 Å². The van der Waals surface area contributed by atoms with Gasteiger partial charge in [-0.15, -0.1) is 0 Å². The van der Waals surface area contributed by atoms with Crippen molar-refractivity contribution in [3.63, 3.8) is 0 Å². The molecule has 0 aliphatic rings. The van der Waals surface area contributed by atoms with Crippen LogP contribution in [0.25, 0.3) is 0 Å². The zero-order valence-electron chi connectivity index (χ0n) is 12.2. The largest absolute Gasteiger partial charge is 0.416 e. The molecular formula is C15H20F3NO. The predicted molar refractivity (Wildman–Crippen MR) is 72.3 cm³/mol. The minimum Gasteiger partial charge on any atom is -0.349 e. The third-order valence-electron chi connectivity index (χ3n) is 3.36. The third-order valence-corrected chi connectivity index (χ3v) is 3.36.